The number of hydrogen-bond donors (Lipinski definition) is 0. The molecule has 0 bridgehead atoms. The van der Waals surface area contributed by atoms with Crippen LogP contribution in [-0.2, 0) is 0 Å². The first-order valence-corrected chi connectivity index (χ1v) is 6.73. The van der Waals surface area contributed by atoms with Crippen LogP contribution in [0.4, 0.5) is 0 Å². The summed E-state index contributed by atoms with van der Waals surface area (Å²) in [4.78, 5) is 0. The standard InChI is InChI=1S/C17H24/c1-3-5-7-9-13-16(12-6-4-2)17-14-10-8-11-15-17/h4,8,10-12,14-15H,2-3,5-7,9,13H2,1H3/b16-12-. The maximum Gasteiger partial charge on any atom is -0.0166 e. The van der Waals surface area contributed by atoms with Crippen molar-refractivity contribution in [3.8, 4) is 0 Å². The highest BCUT2D eigenvalue weighted by Gasteiger charge is 2.00. The summed E-state index contributed by atoms with van der Waals surface area (Å²) in [5, 5.41) is 0. The smallest absolute Gasteiger partial charge is 0.0166 e. The lowest BCUT2D eigenvalue weighted by atomic mass is 9.98. The van der Waals surface area contributed by atoms with Crippen LogP contribution in [0.25, 0.3) is 5.57 Å². The van der Waals surface area contributed by atoms with Gasteiger partial charge < -0.3 is 0 Å². The fraction of sp³-hybridized carbons (Fsp3) is 0.412. The molecule has 17 heavy (non-hydrogen) atoms. The highest BCUT2D eigenvalue weighted by molar-refractivity contribution is 5.65. The predicted molar refractivity (Wildman–Crippen MR) is 78.0 cm³/mol. The molecule has 0 aliphatic carbocycles. The van der Waals surface area contributed by atoms with Crippen LogP contribution in [0, 0.1) is 0 Å². The van der Waals surface area contributed by atoms with Crippen molar-refractivity contribution in [1.82, 2.24) is 0 Å². The van der Waals surface area contributed by atoms with Crippen LogP contribution in [0.1, 0.15) is 51.0 Å². The third kappa shape index (κ3) is 5.53. The molecule has 1 aromatic carbocycles. The van der Waals surface area contributed by atoms with E-state index in [4.69, 9.17) is 0 Å². The molecule has 0 spiro atoms. The van der Waals surface area contributed by atoms with Gasteiger partial charge in [-0.3, -0.25) is 0 Å². The number of benzene rings is 1. The van der Waals surface area contributed by atoms with Gasteiger partial charge in [0.05, 0.1) is 0 Å². The van der Waals surface area contributed by atoms with Crippen molar-refractivity contribution >= 4 is 5.57 Å². The van der Waals surface area contributed by atoms with Crippen molar-refractivity contribution in [2.45, 2.75) is 45.4 Å². The lowest BCUT2D eigenvalue weighted by Crippen LogP contribution is -1.86. The third-order valence-electron chi connectivity index (χ3n) is 2.98. The van der Waals surface area contributed by atoms with Gasteiger partial charge in [-0.1, -0.05) is 68.7 Å². The van der Waals surface area contributed by atoms with Gasteiger partial charge in [0, 0.05) is 0 Å². The van der Waals surface area contributed by atoms with Crippen molar-refractivity contribution in [2.24, 2.45) is 0 Å². The van der Waals surface area contributed by atoms with Crippen molar-refractivity contribution < 1.29 is 0 Å². The second-order valence-corrected chi connectivity index (χ2v) is 4.43. The monoisotopic (exact) mass is 228 g/mol. The Morgan fingerprint density at radius 2 is 1.88 bits per heavy atom. The molecule has 0 aliphatic rings. The van der Waals surface area contributed by atoms with E-state index in [-0.39, 0.29) is 0 Å². The van der Waals surface area contributed by atoms with E-state index in [9.17, 15) is 0 Å². The summed E-state index contributed by atoms with van der Waals surface area (Å²) >= 11 is 0. The van der Waals surface area contributed by atoms with Crippen molar-refractivity contribution in [3.05, 3.63) is 54.6 Å². The highest BCUT2D eigenvalue weighted by atomic mass is 14.1. The number of rotatable bonds is 8. The summed E-state index contributed by atoms with van der Waals surface area (Å²) in [5.74, 6) is 0. The molecule has 0 N–H and O–H groups in total. The molecule has 92 valence electrons. The van der Waals surface area contributed by atoms with E-state index in [1.807, 2.05) is 6.08 Å². The molecule has 0 unspecified atom stereocenters. The van der Waals surface area contributed by atoms with Crippen molar-refractivity contribution in [2.75, 3.05) is 0 Å². The van der Waals surface area contributed by atoms with Gasteiger partial charge in [-0.25, -0.2) is 0 Å². The summed E-state index contributed by atoms with van der Waals surface area (Å²) < 4.78 is 0. The van der Waals surface area contributed by atoms with E-state index in [1.165, 1.54) is 43.2 Å². The molecule has 0 atom stereocenters. The largest absolute Gasteiger partial charge is 0.103 e. The van der Waals surface area contributed by atoms with Gasteiger partial charge in [0.25, 0.3) is 0 Å². The second-order valence-electron chi connectivity index (χ2n) is 4.43. The van der Waals surface area contributed by atoms with E-state index < -0.39 is 0 Å². The topological polar surface area (TPSA) is 0 Å². The summed E-state index contributed by atoms with van der Waals surface area (Å²) in [5.41, 5.74) is 2.84. The highest BCUT2D eigenvalue weighted by Crippen LogP contribution is 2.22. The quantitative estimate of drug-likeness (QED) is 0.400. The fourth-order valence-corrected chi connectivity index (χ4v) is 1.98. The summed E-state index contributed by atoms with van der Waals surface area (Å²) in [6.07, 6.45) is 11.7. The van der Waals surface area contributed by atoms with Crippen LogP contribution in [-0.4, -0.2) is 0 Å². The van der Waals surface area contributed by atoms with Gasteiger partial charge in [-0.2, -0.15) is 0 Å². The summed E-state index contributed by atoms with van der Waals surface area (Å²) in [7, 11) is 0. The maximum absolute atomic E-state index is 3.79. The normalized spacial score (nSPS) is 11.5. The molecular formula is C17H24. The van der Waals surface area contributed by atoms with Crippen molar-refractivity contribution in [1.29, 1.82) is 0 Å². The number of unbranched alkanes of at least 4 members (excludes halogenated alkanes) is 3. The van der Waals surface area contributed by atoms with Crippen molar-refractivity contribution in [3.63, 3.8) is 0 Å². The molecule has 0 aliphatic heterocycles. The summed E-state index contributed by atoms with van der Waals surface area (Å²) in [6, 6.07) is 10.7. The third-order valence-corrected chi connectivity index (χ3v) is 2.98. The molecule has 0 fully saturated rings. The first-order valence-electron chi connectivity index (χ1n) is 6.73. The minimum absolute atomic E-state index is 0.970. The Balaban J connectivity index is 2.58. The van der Waals surface area contributed by atoms with E-state index in [2.05, 4.69) is 49.9 Å². The van der Waals surface area contributed by atoms with Gasteiger partial charge in [0.1, 0.15) is 0 Å². The van der Waals surface area contributed by atoms with Gasteiger partial charge in [0.2, 0.25) is 0 Å². The first kappa shape index (κ1) is 13.8. The van der Waals surface area contributed by atoms with Crippen LogP contribution in [0.3, 0.4) is 0 Å². The van der Waals surface area contributed by atoms with E-state index in [0.29, 0.717) is 0 Å². The molecule has 0 amide bonds. The first-order chi connectivity index (χ1) is 8.38. The number of hydrogen-bond acceptors (Lipinski definition) is 0. The van der Waals surface area contributed by atoms with Crippen LogP contribution in [0.5, 0.6) is 0 Å². The van der Waals surface area contributed by atoms with Crippen LogP contribution in [0.15, 0.2) is 49.1 Å². The Morgan fingerprint density at radius 1 is 1.12 bits per heavy atom. The molecule has 0 radical (unpaired) electrons. The van der Waals surface area contributed by atoms with Gasteiger partial charge in [-0.15, -0.1) is 6.58 Å². The minimum Gasteiger partial charge on any atom is -0.103 e. The molecule has 0 heterocycles. The zero-order valence-corrected chi connectivity index (χ0v) is 11.0. The molecule has 0 saturated heterocycles. The fourth-order valence-electron chi connectivity index (χ4n) is 1.98. The molecule has 1 rings (SSSR count). The Hall–Kier alpha value is -1.30. The van der Waals surface area contributed by atoms with Gasteiger partial charge >= 0.3 is 0 Å². The number of allylic oxidation sites excluding steroid dienone is 3. The molecule has 1 aromatic rings. The molecule has 0 heteroatoms. The average Bonchev–Trinajstić information content (AvgIpc) is 2.39. The Bertz CT molecular complexity index is 332. The minimum atomic E-state index is 0.970. The van der Waals surface area contributed by atoms with E-state index in [0.717, 1.165) is 6.42 Å². The van der Waals surface area contributed by atoms with Crippen LogP contribution in [0.2, 0.25) is 0 Å². The molecular weight excluding hydrogens is 204 g/mol. The SMILES string of the molecule is C=CC/C=C(/CCCCCC)c1ccccc1. The zero-order chi connectivity index (χ0) is 12.3. The lowest BCUT2D eigenvalue weighted by molar-refractivity contribution is 0.678. The van der Waals surface area contributed by atoms with E-state index >= 15 is 0 Å². The van der Waals surface area contributed by atoms with E-state index in [1.54, 1.807) is 0 Å². The zero-order valence-electron chi connectivity index (χ0n) is 11.0. The second kappa shape index (κ2) is 8.81. The lowest BCUT2D eigenvalue weighted by Gasteiger charge is -2.07. The summed E-state index contributed by atoms with van der Waals surface area (Å²) in [6.45, 7) is 6.05. The molecule has 0 nitrogen and oxygen atoms in total. The van der Waals surface area contributed by atoms with Gasteiger partial charge in [-0.05, 0) is 30.4 Å². The predicted octanol–water partition coefficient (Wildman–Crippen LogP) is 5.62. The Kier molecular flexibility index (Phi) is 7.13. The molecule has 0 aromatic heterocycles. The van der Waals surface area contributed by atoms with Crippen LogP contribution >= 0.6 is 0 Å². The molecule has 0 saturated carbocycles. The van der Waals surface area contributed by atoms with Gasteiger partial charge in [0.15, 0.2) is 0 Å². The Labute approximate surface area is 106 Å². The van der Waals surface area contributed by atoms with Crippen LogP contribution < -0.4 is 0 Å². The maximum atomic E-state index is 3.79. The average molecular weight is 228 g/mol. The Morgan fingerprint density at radius 3 is 2.53 bits per heavy atom.